The molecule has 0 radical (unpaired) electrons. The van der Waals surface area contributed by atoms with E-state index in [0.29, 0.717) is 38.2 Å². The molecule has 3 aliphatic heterocycles. The van der Waals surface area contributed by atoms with Crippen molar-refractivity contribution in [3.8, 4) is 0 Å². The summed E-state index contributed by atoms with van der Waals surface area (Å²) in [5.74, 6) is -0.141. The van der Waals surface area contributed by atoms with E-state index in [-0.39, 0.29) is 30.6 Å². The lowest BCUT2D eigenvalue weighted by Crippen LogP contribution is -2.43. The summed E-state index contributed by atoms with van der Waals surface area (Å²) in [5.41, 5.74) is 2.23. The van der Waals surface area contributed by atoms with E-state index in [1.165, 1.54) is 0 Å². The van der Waals surface area contributed by atoms with Gasteiger partial charge >= 0.3 is 6.09 Å². The molecule has 3 atom stereocenters. The average molecular weight is 422 g/mol. The number of rotatable bonds is 5. The zero-order valence-electron chi connectivity index (χ0n) is 17.5. The van der Waals surface area contributed by atoms with Crippen LogP contribution in [-0.2, 0) is 26.4 Å². The number of benzene rings is 2. The van der Waals surface area contributed by atoms with E-state index in [4.69, 9.17) is 9.47 Å². The summed E-state index contributed by atoms with van der Waals surface area (Å²) in [6.07, 6.45) is 0.624. The maximum Gasteiger partial charge on any atom is 0.414 e. The number of aliphatic hydroxyl groups is 1. The molecule has 0 aromatic heterocycles. The number of anilines is 2. The van der Waals surface area contributed by atoms with Crippen LogP contribution in [0.4, 0.5) is 16.2 Å². The van der Waals surface area contributed by atoms with Crippen molar-refractivity contribution in [2.75, 3.05) is 29.6 Å². The molecule has 0 aliphatic carbocycles. The largest absolute Gasteiger partial charge is 0.447 e. The minimum Gasteiger partial charge on any atom is -0.447 e. The van der Waals surface area contributed by atoms with Crippen molar-refractivity contribution < 1.29 is 24.2 Å². The predicted octanol–water partition coefficient (Wildman–Crippen LogP) is 3.19. The number of hydrogen-bond acceptors (Lipinski definition) is 5. The van der Waals surface area contributed by atoms with E-state index in [2.05, 4.69) is 0 Å². The van der Waals surface area contributed by atoms with Gasteiger partial charge in [-0.1, -0.05) is 37.3 Å². The summed E-state index contributed by atoms with van der Waals surface area (Å²) in [6, 6.07) is 15.5. The standard InChI is InChI=1S/C24H26N2O5/c1-16-13-19(9-11-27)31-24(16)20-14-18(25-10-12-30-23(25)29)7-8-21(20)26(22(24)28)15-17-5-3-2-4-6-17/h2-8,14,16,19,27H,9-13,15H2,1H3/t16-,19+,24+/m1/s1. The smallest absolute Gasteiger partial charge is 0.414 e. The third-order valence-corrected chi connectivity index (χ3v) is 6.60. The second-order valence-electron chi connectivity index (χ2n) is 8.47. The number of amides is 2. The topological polar surface area (TPSA) is 79.3 Å². The van der Waals surface area contributed by atoms with Gasteiger partial charge in [0.25, 0.3) is 5.91 Å². The van der Waals surface area contributed by atoms with Gasteiger partial charge in [0.2, 0.25) is 0 Å². The molecule has 1 N–H and O–H groups in total. The third kappa shape index (κ3) is 3.11. The summed E-state index contributed by atoms with van der Waals surface area (Å²) in [6.45, 7) is 3.32. The molecule has 7 nitrogen and oxygen atoms in total. The van der Waals surface area contributed by atoms with Crippen molar-refractivity contribution in [2.24, 2.45) is 5.92 Å². The van der Waals surface area contributed by atoms with Gasteiger partial charge < -0.3 is 19.5 Å². The van der Waals surface area contributed by atoms with Crippen LogP contribution >= 0.6 is 0 Å². The van der Waals surface area contributed by atoms with Gasteiger partial charge in [0, 0.05) is 23.8 Å². The SMILES string of the molecule is C[C@@H]1C[C@H](CCO)O[C@@]12C(=O)N(Cc1ccccc1)c1ccc(N3CCOC3=O)cc12. The molecule has 162 valence electrons. The second kappa shape index (κ2) is 7.66. The van der Waals surface area contributed by atoms with Crippen molar-refractivity contribution in [1.82, 2.24) is 0 Å². The molecule has 2 aromatic rings. The number of ether oxygens (including phenoxy) is 2. The van der Waals surface area contributed by atoms with E-state index in [9.17, 15) is 14.7 Å². The van der Waals surface area contributed by atoms with E-state index < -0.39 is 5.60 Å². The van der Waals surface area contributed by atoms with Crippen molar-refractivity contribution in [1.29, 1.82) is 0 Å². The first-order chi connectivity index (χ1) is 15.0. The Bertz CT molecular complexity index is 1010. The zero-order chi connectivity index (χ0) is 21.6. The molecule has 0 bridgehead atoms. The van der Waals surface area contributed by atoms with Crippen LogP contribution in [0.2, 0.25) is 0 Å². The average Bonchev–Trinajstić information content (AvgIpc) is 3.41. The lowest BCUT2D eigenvalue weighted by Gasteiger charge is -2.28. The molecule has 31 heavy (non-hydrogen) atoms. The normalized spacial score (nSPS) is 27.3. The number of hydrogen-bond donors (Lipinski definition) is 1. The molecule has 2 amide bonds. The van der Waals surface area contributed by atoms with E-state index in [1.54, 1.807) is 9.80 Å². The number of cyclic esters (lactones) is 1. The van der Waals surface area contributed by atoms with Crippen LogP contribution in [-0.4, -0.2) is 43.0 Å². The van der Waals surface area contributed by atoms with Gasteiger partial charge in [0.05, 0.1) is 24.9 Å². The maximum atomic E-state index is 13.9. The number of fused-ring (bicyclic) bond motifs is 2. The van der Waals surface area contributed by atoms with Gasteiger partial charge in [-0.2, -0.15) is 0 Å². The molecule has 5 rings (SSSR count). The van der Waals surface area contributed by atoms with E-state index in [1.807, 2.05) is 55.5 Å². The lowest BCUT2D eigenvalue weighted by molar-refractivity contribution is -0.146. The van der Waals surface area contributed by atoms with Crippen LogP contribution in [0.15, 0.2) is 48.5 Å². The van der Waals surface area contributed by atoms with E-state index in [0.717, 1.165) is 16.8 Å². The summed E-state index contributed by atoms with van der Waals surface area (Å²) in [4.78, 5) is 29.4. The summed E-state index contributed by atoms with van der Waals surface area (Å²) < 4.78 is 11.5. The maximum absolute atomic E-state index is 13.9. The molecule has 2 fully saturated rings. The molecule has 0 saturated carbocycles. The van der Waals surface area contributed by atoms with Crippen molar-refractivity contribution in [2.45, 2.75) is 38.0 Å². The Labute approximate surface area is 181 Å². The molecule has 2 aromatic carbocycles. The summed E-state index contributed by atoms with van der Waals surface area (Å²) in [7, 11) is 0. The zero-order valence-corrected chi connectivity index (χ0v) is 17.5. The Morgan fingerprint density at radius 3 is 2.68 bits per heavy atom. The number of nitrogens with zero attached hydrogens (tertiary/aromatic N) is 2. The molecule has 0 unspecified atom stereocenters. The first-order valence-corrected chi connectivity index (χ1v) is 10.8. The highest BCUT2D eigenvalue weighted by Gasteiger charge is 2.60. The lowest BCUT2D eigenvalue weighted by atomic mass is 9.82. The monoisotopic (exact) mass is 422 g/mol. The minimum atomic E-state index is -1.11. The number of carbonyl (C=O) groups excluding carboxylic acids is 2. The summed E-state index contributed by atoms with van der Waals surface area (Å²) >= 11 is 0. The Morgan fingerprint density at radius 2 is 1.97 bits per heavy atom. The first-order valence-electron chi connectivity index (χ1n) is 10.8. The number of carbonyl (C=O) groups is 2. The van der Waals surface area contributed by atoms with Gasteiger partial charge in [-0.25, -0.2) is 4.79 Å². The van der Waals surface area contributed by atoms with Crippen LogP contribution in [0, 0.1) is 5.92 Å². The van der Waals surface area contributed by atoms with Crippen LogP contribution in [0.1, 0.15) is 30.9 Å². The Balaban J connectivity index is 1.59. The highest BCUT2D eigenvalue weighted by atomic mass is 16.6. The predicted molar refractivity (Wildman–Crippen MR) is 115 cm³/mol. The molecular weight excluding hydrogens is 396 g/mol. The molecular formula is C24H26N2O5. The van der Waals surface area contributed by atoms with Gasteiger partial charge in [0.15, 0.2) is 5.60 Å². The number of aliphatic hydroxyl groups excluding tert-OH is 1. The van der Waals surface area contributed by atoms with Gasteiger partial charge in [0.1, 0.15) is 6.61 Å². The van der Waals surface area contributed by atoms with E-state index >= 15 is 0 Å². The fourth-order valence-electron chi connectivity index (χ4n) is 5.10. The van der Waals surface area contributed by atoms with Gasteiger partial charge in [-0.05, 0) is 36.6 Å². The Morgan fingerprint density at radius 1 is 1.16 bits per heavy atom. The second-order valence-corrected chi connectivity index (χ2v) is 8.47. The first kappa shape index (κ1) is 20.0. The van der Waals surface area contributed by atoms with Crippen LogP contribution in [0.3, 0.4) is 0 Å². The Hall–Kier alpha value is -2.90. The van der Waals surface area contributed by atoms with Crippen LogP contribution < -0.4 is 9.80 Å². The Kier molecular flexibility index (Phi) is 4.95. The van der Waals surface area contributed by atoms with Crippen LogP contribution in [0.25, 0.3) is 0 Å². The molecule has 2 saturated heterocycles. The molecule has 3 aliphatic rings. The minimum absolute atomic E-state index is 0.0158. The highest BCUT2D eigenvalue weighted by Crippen LogP contribution is 2.54. The quantitative estimate of drug-likeness (QED) is 0.801. The fourth-order valence-corrected chi connectivity index (χ4v) is 5.10. The molecule has 3 heterocycles. The van der Waals surface area contributed by atoms with Gasteiger partial charge in [-0.3, -0.25) is 9.69 Å². The van der Waals surface area contributed by atoms with Gasteiger partial charge in [-0.15, -0.1) is 0 Å². The highest BCUT2D eigenvalue weighted by molar-refractivity contribution is 6.08. The van der Waals surface area contributed by atoms with Crippen molar-refractivity contribution in [3.05, 3.63) is 59.7 Å². The fraction of sp³-hybridized carbons (Fsp3) is 0.417. The van der Waals surface area contributed by atoms with Crippen molar-refractivity contribution >= 4 is 23.4 Å². The van der Waals surface area contributed by atoms with Crippen LogP contribution in [0.5, 0.6) is 0 Å². The summed E-state index contributed by atoms with van der Waals surface area (Å²) in [5, 5.41) is 9.44. The van der Waals surface area contributed by atoms with Crippen molar-refractivity contribution in [3.63, 3.8) is 0 Å². The molecule has 1 spiro atoms. The third-order valence-electron chi connectivity index (χ3n) is 6.60. The molecule has 7 heteroatoms.